The van der Waals surface area contributed by atoms with E-state index in [4.69, 9.17) is 11.6 Å². The van der Waals surface area contributed by atoms with Gasteiger partial charge in [0.1, 0.15) is 5.54 Å². The first-order valence-electron chi connectivity index (χ1n) is 8.47. The van der Waals surface area contributed by atoms with E-state index in [2.05, 4.69) is 22.0 Å². The van der Waals surface area contributed by atoms with Crippen molar-refractivity contribution in [2.45, 2.75) is 51.0 Å². The van der Waals surface area contributed by atoms with Gasteiger partial charge in [-0.25, -0.2) is 0 Å². The second-order valence-electron chi connectivity index (χ2n) is 6.38. The van der Waals surface area contributed by atoms with Crippen LogP contribution in [0.25, 0.3) is 0 Å². The van der Waals surface area contributed by atoms with E-state index in [1.54, 1.807) is 18.2 Å². The number of carbonyl (C=O) groups is 2. The molecule has 6 nitrogen and oxygen atoms in total. The molecule has 2 amide bonds. The minimum absolute atomic E-state index is 0.00361. The second kappa shape index (κ2) is 8.72. The smallest absolute Gasteiger partial charge is 0.240 e. The molecule has 1 aliphatic carbocycles. The van der Waals surface area contributed by atoms with Crippen LogP contribution in [0.15, 0.2) is 18.2 Å². The predicted molar refractivity (Wildman–Crippen MR) is 98.4 cm³/mol. The van der Waals surface area contributed by atoms with Crippen molar-refractivity contribution >= 4 is 34.8 Å². The Hall–Kier alpha value is -2.26. The van der Waals surface area contributed by atoms with E-state index in [1.807, 2.05) is 0 Å². The molecule has 0 aromatic heterocycles. The molecule has 3 N–H and O–H groups in total. The van der Waals surface area contributed by atoms with E-state index in [1.165, 1.54) is 6.92 Å². The number of anilines is 2. The summed E-state index contributed by atoms with van der Waals surface area (Å²) < 4.78 is 0. The summed E-state index contributed by atoms with van der Waals surface area (Å²) in [4.78, 5) is 23.6. The van der Waals surface area contributed by atoms with E-state index in [0.29, 0.717) is 29.2 Å². The molecule has 134 valence electrons. The van der Waals surface area contributed by atoms with Crippen molar-refractivity contribution in [3.63, 3.8) is 0 Å². The lowest BCUT2D eigenvalue weighted by Crippen LogP contribution is -2.49. The van der Waals surface area contributed by atoms with Crippen LogP contribution in [0.4, 0.5) is 11.4 Å². The van der Waals surface area contributed by atoms with Crippen molar-refractivity contribution in [2.75, 3.05) is 17.2 Å². The second-order valence-corrected chi connectivity index (χ2v) is 6.82. The highest BCUT2D eigenvalue weighted by Gasteiger charge is 2.32. The number of carbonyl (C=O) groups excluding carboxylic acids is 2. The van der Waals surface area contributed by atoms with Gasteiger partial charge in [0.05, 0.1) is 24.0 Å². The average molecular weight is 363 g/mol. The minimum Gasteiger partial charge on any atom is -0.374 e. The maximum atomic E-state index is 12.3. The Bertz CT molecular complexity index is 676. The highest BCUT2D eigenvalue weighted by molar-refractivity contribution is 6.31. The minimum atomic E-state index is -0.774. The molecule has 1 aliphatic rings. The maximum absolute atomic E-state index is 12.3. The molecule has 0 atom stereocenters. The van der Waals surface area contributed by atoms with Gasteiger partial charge in [-0.3, -0.25) is 9.59 Å². The van der Waals surface area contributed by atoms with E-state index < -0.39 is 5.54 Å². The number of halogens is 1. The van der Waals surface area contributed by atoms with Gasteiger partial charge in [-0.2, -0.15) is 5.26 Å². The fourth-order valence-electron chi connectivity index (χ4n) is 3.04. The zero-order valence-corrected chi connectivity index (χ0v) is 15.1. The highest BCUT2D eigenvalue weighted by atomic mass is 35.5. The summed E-state index contributed by atoms with van der Waals surface area (Å²) in [6.45, 7) is 1.41. The molecule has 0 saturated heterocycles. The van der Waals surface area contributed by atoms with Crippen LogP contribution in [0.3, 0.4) is 0 Å². The van der Waals surface area contributed by atoms with Gasteiger partial charge in [-0.1, -0.05) is 37.3 Å². The van der Waals surface area contributed by atoms with E-state index in [0.717, 1.165) is 25.7 Å². The van der Waals surface area contributed by atoms with Crippen molar-refractivity contribution in [1.82, 2.24) is 5.32 Å². The standard InChI is InChI=1S/C18H23ClN4O2/c1-13(24)22-15-7-6-14(19)10-16(15)21-11-17(25)23-18(12-20)8-4-2-3-5-9-18/h6-7,10,21H,2-5,8-9,11H2,1H3,(H,22,24)(H,23,25). The number of rotatable bonds is 5. The number of nitriles is 1. The van der Waals surface area contributed by atoms with E-state index >= 15 is 0 Å². The molecule has 0 heterocycles. The van der Waals surface area contributed by atoms with Crippen LogP contribution in [-0.4, -0.2) is 23.9 Å². The van der Waals surface area contributed by atoms with Gasteiger partial charge in [-0.05, 0) is 31.0 Å². The lowest BCUT2D eigenvalue weighted by Gasteiger charge is -2.26. The molecule has 1 aromatic rings. The van der Waals surface area contributed by atoms with Crippen molar-refractivity contribution in [3.05, 3.63) is 23.2 Å². The van der Waals surface area contributed by atoms with Gasteiger partial charge < -0.3 is 16.0 Å². The lowest BCUT2D eigenvalue weighted by molar-refractivity contribution is -0.121. The Balaban J connectivity index is 2.01. The molecule has 0 unspecified atom stereocenters. The van der Waals surface area contributed by atoms with Crippen LogP contribution in [0.1, 0.15) is 45.4 Å². The van der Waals surface area contributed by atoms with Gasteiger partial charge in [0, 0.05) is 11.9 Å². The molecule has 1 aromatic carbocycles. The van der Waals surface area contributed by atoms with Crippen LogP contribution in [0, 0.1) is 11.3 Å². The van der Waals surface area contributed by atoms with E-state index in [-0.39, 0.29) is 18.4 Å². The summed E-state index contributed by atoms with van der Waals surface area (Å²) in [7, 11) is 0. The number of nitrogens with zero attached hydrogens (tertiary/aromatic N) is 1. The molecule has 25 heavy (non-hydrogen) atoms. The SMILES string of the molecule is CC(=O)Nc1ccc(Cl)cc1NCC(=O)NC1(C#N)CCCCCC1. The number of hydrogen-bond acceptors (Lipinski definition) is 4. The molecule has 0 bridgehead atoms. The summed E-state index contributed by atoms with van der Waals surface area (Å²) in [5, 5.41) is 18.6. The molecule has 0 aliphatic heterocycles. The van der Waals surface area contributed by atoms with Crippen molar-refractivity contribution in [3.8, 4) is 6.07 Å². The van der Waals surface area contributed by atoms with Crippen molar-refractivity contribution in [1.29, 1.82) is 5.26 Å². The Morgan fingerprint density at radius 2 is 1.88 bits per heavy atom. The normalized spacial score (nSPS) is 16.2. The fraction of sp³-hybridized carbons (Fsp3) is 0.500. The molecule has 0 radical (unpaired) electrons. The van der Waals surface area contributed by atoms with Crippen molar-refractivity contribution in [2.24, 2.45) is 0 Å². The van der Waals surface area contributed by atoms with Crippen LogP contribution >= 0.6 is 11.6 Å². The molecule has 0 spiro atoms. The third-order valence-electron chi connectivity index (χ3n) is 4.28. The van der Waals surface area contributed by atoms with Gasteiger partial charge in [0.25, 0.3) is 0 Å². The highest BCUT2D eigenvalue weighted by Crippen LogP contribution is 2.27. The first kappa shape index (κ1) is 19.1. The van der Waals surface area contributed by atoms with Gasteiger partial charge in [0.2, 0.25) is 11.8 Å². The van der Waals surface area contributed by atoms with Crippen LogP contribution < -0.4 is 16.0 Å². The first-order chi connectivity index (χ1) is 11.9. The third-order valence-corrected chi connectivity index (χ3v) is 4.52. The van der Waals surface area contributed by atoms with E-state index in [9.17, 15) is 14.9 Å². The van der Waals surface area contributed by atoms with Gasteiger partial charge in [0.15, 0.2) is 0 Å². The van der Waals surface area contributed by atoms with Crippen LogP contribution in [0.2, 0.25) is 5.02 Å². The summed E-state index contributed by atoms with van der Waals surface area (Å²) >= 11 is 5.99. The Morgan fingerprint density at radius 3 is 2.48 bits per heavy atom. The molecule has 7 heteroatoms. The van der Waals surface area contributed by atoms with Crippen LogP contribution in [-0.2, 0) is 9.59 Å². The Morgan fingerprint density at radius 1 is 1.20 bits per heavy atom. The molecular weight excluding hydrogens is 340 g/mol. The topological polar surface area (TPSA) is 94.0 Å². The first-order valence-corrected chi connectivity index (χ1v) is 8.85. The molecule has 1 fully saturated rings. The average Bonchev–Trinajstić information content (AvgIpc) is 2.81. The maximum Gasteiger partial charge on any atom is 0.240 e. The molecule has 1 saturated carbocycles. The number of amides is 2. The largest absolute Gasteiger partial charge is 0.374 e. The predicted octanol–water partition coefficient (Wildman–Crippen LogP) is 3.44. The zero-order valence-electron chi connectivity index (χ0n) is 14.3. The lowest BCUT2D eigenvalue weighted by atomic mass is 9.92. The molecule has 2 rings (SSSR count). The summed E-state index contributed by atoms with van der Waals surface area (Å²) in [6, 6.07) is 7.27. The van der Waals surface area contributed by atoms with Crippen LogP contribution in [0.5, 0.6) is 0 Å². The molecular formula is C18H23ClN4O2. The van der Waals surface area contributed by atoms with Gasteiger partial charge >= 0.3 is 0 Å². The Labute approximate surface area is 152 Å². The summed E-state index contributed by atoms with van der Waals surface area (Å²) in [5.41, 5.74) is 0.336. The fourth-order valence-corrected chi connectivity index (χ4v) is 3.22. The number of nitrogens with one attached hydrogen (secondary N) is 3. The van der Waals surface area contributed by atoms with Crippen molar-refractivity contribution < 1.29 is 9.59 Å². The summed E-state index contributed by atoms with van der Waals surface area (Å²) in [6.07, 6.45) is 5.46. The summed E-state index contributed by atoms with van der Waals surface area (Å²) in [5.74, 6) is -0.464. The quantitative estimate of drug-likeness (QED) is 0.699. The van der Waals surface area contributed by atoms with Gasteiger partial charge in [-0.15, -0.1) is 0 Å². The third kappa shape index (κ3) is 5.64. The Kier molecular flexibility index (Phi) is 6.65. The number of benzene rings is 1. The monoisotopic (exact) mass is 362 g/mol. The number of hydrogen-bond donors (Lipinski definition) is 3. The zero-order chi connectivity index (χ0) is 18.3.